The number of rotatable bonds is 4. The van der Waals surface area contributed by atoms with Crippen LogP contribution in [0.15, 0.2) is 18.2 Å². The molecule has 8 heteroatoms. The highest BCUT2D eigenvalue weighted by Crippen LogP contribution is 2.30. The molecule has 144 valence electrons. The van der Waals surface area contributed by atoms with Crippen LogP contribution in [0.5, 0.6) is 0 Å². The van der Waals surface area contributed by atoms with Crippen molar-refractivity contribution < 1.29 is 14.4 Å². The van der Waals surface area contributed by atoms with Crippen LogP contribution < -0.4 is 15.1 Å². The van der Waals surface area contributed by atoms with Crippen LogP contribution in [-0.2, 0) is 9.59 Å². The number of hydrogen-bond donors (Lipinski definition) is 1. The van der Waals surface area contributed by atoms with Gasteiger partial charge in [0.15, 0.2) is 0 Å². The molecule has 0 unspecified atom stereocenters. The van der Waals surface area contributed by atoms with Gasteiger partial charge in [-0.2, -0.15) is 0 Å². The third kappa shape index (κ3) is 3.49. The Kier molecular flexibility index (Phi) is 4.73. The van der Waals surface area contributed by atoms with E-state index in [-0.39, 0.29) is 11.9 Å². The van der Waals surface area contributed by atoms with Gasteiger partial charge < -0.3 is 9.80 Å². The van der Waals surface area contributed by atoms with E-state index in [1.807, 2.05) is 24.0 Å². The molecule has 3 aliphatic rings. The van der Waals surface area contributed by atoms with E-state index in [1.165, 1.54) is 0 Å². The van der Waals surface area contributed by atoms with Crippen molar-refractivity contribution in [2.75, 3.05) is 55.6 Å². The number of urea groups is 1. The van der Waals surface area contributed by atoms with Crippen LogP contribution in [0.3, 0.4) is 0 Å². The minimum absolute atomic E-state index is 0.217. The molecular weight excluding hydrogens is 346 g/mol. The largest absolute Gasteiger partial charge is 0.368 e. The van der Waals surface area contributed by atoms with Crippen molar-refractivity contribution in [2.45, 2.75) is 19.4 Å². The summed E-state index contributed by atoms with van der Waals surface area (Å²) in [6.07, 6.45) is 1.27. The number of nitrogens with zero attached hydrogens (tertiary/aromatic N) is 4. The maximum atomic E-state index is 12.1. The Morgan fingerprint density at radius 2 is 1.81 bits per heavy atom. The summed E-state index contributed by atoms with van der Waals surface area (Å²) in [5, 5.41) is 2.37. The third-order valence-corrected chi connectivity index (χ3v) is 5.77. The highest BCUT2D eigenvalue weighted by atomic mass is 16.2. The molecule has 0 spiro atoms. The predicted octanol–water partition coefficient (Wildman–Crippen LogP) is 0.404. The highest BCUT2D eigenvalue weighted by Gasteiger charge is 2.34. The molecule has 4 amide bonds. The Hall–Kier alpha value is -2.61. The fourth-order valence-electron chi connectivity index (χ4n) is 4.04. The molecule has 27 heavy (non-hydrogen) atoms. The van der Waals surface area contributed by atoms with Crippen LogP contribution in [-0.4, -0.2) is 80.0 Å². The fraction of sp³-hybridized carbons (Fsp3) is 0.526. The van der Waals surface area contributed by atoms with Crippen LogP contribution >= 0.6 is 0 Å². The summed E-state index contributed by atoms with van der Waals surface area (Å²) < 4.78 is 0. The van der Waals surface area contributed by atoms with Crippen LogP contribution in [0, 0.1) is 6.92 Å². The summed E-state index contributed by atoms with van der Waals surface area (Å²) in [5.41, 5.74) is 3.04. The second-order valence-electron chi connectivity index (χ2n) is 7.46. The smallest absolute Gasteiger partial charge is 0.328 e. The topological polar surface area (TPSA) is 76.2 Å². The summed E-state index contributed by atoms with van der Waals surface area (Å²) >= 11 is 0. The summed E-state index contributed by atoms with van der Waals surface area (Å²) in [4.78, 5) is 42.5. The Bertz CT molecular complexity index is 754. The zero-order chi connectivity index (χ0) is 19.0. The van der Waals surface area contributed by atoms with Gasteiger partial charge in [0.05, 0.1) is 0 Å². The number of amides is 4. The molecule has 0 bridgehead atoms. The number of benzene rings is 1. The molecule has 0 aromatic heterocycles. The first kappa shape index (κ1) is 17.8. The van der Waals surface area contributed by atoms with E-state index < -0.39 is 0 Å². The Morgan fingerprint density at radius 1 is 1.07 bits per heavy atom. The lowest BCUT2D eigenvalue weighted by atomic mass is 10.0. The van der Waals surface area contributed by atoms with E-state index in [9.17, 15) is 14.4 Å². The number of piperazine rings is 1. The predicted molar refractivity (Wildman–Crippen MR) is 102 cm³/mol. The van der Waals surface area contributed by atoms with Gasteiger partial charge in [-0.05, 0) is 30.7 Å². The first-order valence-electron chi connectivity index (χ1n) is 9.45. The van der Waals surface area contributed by atoms with Crippen molar-refractivity contribution >= 4 is 29.7 Å². The molecule has 3 fully saturated rings. The maximum absolute atomic E-state index is 12.1. The van der Waals surface area contributed by atoms with Gasteiger partial charge in [0.2, 0.25) is 12.3 Å². The molecule has 1 aromatic rings. The number of anilines is 2. The van der Waals surface area contributed by atoms with E-state index in [0.29, 0.717) is 19.0 Å². The lowest BCUT2D eigenvalue weighted by molar-refractivity contribution is -0.121. The first-order chi connectivity index (χ1) is 13.0. The third-order valence-electron chi connectivity index (χ3n) is 5.77. The van der Waals surface area contributed by atoms with Gasteiger partial charge in [0, 0.05) is 69.7 Å². The van der Waals surface area contributed by atoms with Crippen molar-refractivity contribution in [2.24, 2.45) is 0 Å². The van der Waals surface area contributed by atoms with Crippen LogP contribution in [0.1, 0.15) is 12.0 Å². The number of aryl methyl sites for hydroxylation is 1. The normalized spacial score (nSPS) is 21.9. The monoisotopic (exact) mass is 371 g/mol. The van der Waals surface area contributed by atoms with Gasteiger partial charge in [-0.3, -0.25) is 24.7 Å². The van der Waals surface area contributed by atoms with Gasteiger partial charge in [-0.1, -0.05) is 0 Å². The Labute approximate surface area is 158 Å². The molecule has 0 aliphatic carbocycles. The summed E-state index contributed by atoms with van der Waals surface area (Å²) in [6.45, 7) is 7.90. The van der Waals surface area contributed by atoms with Gasteiger partial charge in [0.25, 0.3) is 0 Å². The van der Waals surface area contributed by atoms with E-state index in [0.717, 1.165) is 62.6 Å². The quantitative estimate of drug-likeness (QED) is 0.776. The average molecular weight is 371 g/mol. The molecule has 0 atom stereocenters. The second kappa shape index (κ2) is 7.19. The van der Waals surface area contributed by atoms with Crippen LogP contribution in [0.4, 0.5) is 16.2 Å². The standard InChI is InChI=1S/C19H25N5O3/c1-14-10-15(2-3-17(14)24-5-4-18(26)20-19(24)27)23-11-16(12-23)22-8-6-21(13-25)7-9-22/h2-3,10,13,16H,4-9,11-12H2,1H3,(H,20,26,27). The molecule has 3 aliphatic heterocycles. The summed E-state index contributed by atoms with van der Waals surface area (Å²) in [6, 6.07) is 6.32. The van der Waals surface area contributed by atoms with Crippen LogP contribution in [0.2, 0.25) is 0 Å². The number of hydrogen-bond acceptors (Lipinski definition) is 5. The molecule has 1 N–H and O–H groups in total. The first-order valence-corrected chi connectivity index (χ1v) is 9.45. The minimum Gasteiger partial charge on any atom is -0.368 e. The van der Waals surface area contributed by atoms with E-state index in [4.69, 9.17) is 0 Å². The number of carbonyl (C=O) groups excluding carboxylic acids is 3. The van der Waals surface area contributed by atoms with E-state index >= 15 is 0 Å². The number of nitrogens with one attached hydrogen (secondary N) is 1. The second-order valence-corrected chi connectivity index (χ2v) is 7.46. The van der Waals surface area contributed by atoms with Gasteiger partial charge in [0.1, 0.15) is 0 Å². The molecule has 3 heterocycles. The van der Waals surface area contributed by atoms with Crippen molar-refractivity contribution in [3.05, 3.63) is 23.8 Å². The summed E-state index contributed by atoms with van der Waals surface area (Å²) in [5.74, 6) is -0.217. The molecular formula is C19H25N5O3. The van der Waals surface area contributed by atoms with Crippen LogP contribution in [0.25, 0.3) is 0 Å². The lowest BCUT2D eigenvalue weighted by Gasteiger charge is -2.49. The number of carbonyl (C=O) groups is 3. The maximum Gasteiger partial charge on any atom is 0.328 e. The highest BCUT2D eigenvalue weighted by molar-refractivity contribution is 6.06. The molecule has 1 aromatic carbocycles. The Morgan fingerprint density at radius 3 is 2.44 bits per heavy atom. The SMILES string of the molecule is Cc1cc(N2CC(N3CCN(C=O)CC3)C2)ccc1N1CCC(=O)NC1=O. The zero-order valence-corrected chi connectivity index (χ0v) is 15.6. The van der Waals surface area contributed by atoms with E-state index in [1.54, 1.807) is 4.90 Å². The summed E-state index contributed by atoms with van der Waals surface area (Å²) in [7, 11) is 0. The average Bonchev–Trinajstić information content (AvgIpc) is 2.62. The Balaban J connectivity index is 1.36. The molecule has 8 nitrogen and oxygen atoms in total. The van der Waals surface area contributed by atoms with Crippen molar-refractivity contribution in [3.8, 4) is 0 Å². The van der Waals surface area contributed by atoms with Gasteiger partial charge >= 0.3 is 6.03 Å². The van der Waals surface area contributed by atoms with Crippen molar-refractivity contribution in [1.29, 1.82) is 0 Å². The lowest BCUT2D eigenvalue weighted by Crippen LogP contribution is -2.63. The van der Waals surface area contributed by atoms with Gasteiger partial charge in [-0.25, -0.2) is 4.79 Å². The minimum atomic E-state index is -0.347. The van der Waals surface area contributed by atoms with E-state index in [2.05, 4.69) is 21.2 Å². The molecule has 4 rings (SSSR count). The zero-order valence-electron chi connectivity index (χ0n) is 15.6. The molecule has 0 radical (unpaired) electrons. The fourth-order valence-corrected chi connectivity index (χ4v) is 4.04. The molecule has 0 saturated carbocycles. The van der Waals surface area contributed by atoms with Crippen molar-refractivity contribution in [1.82, 2.24) is 15.1 Å². The van der Waals surface area contributed by atoms with Crippen molar-refractivity contribution in [3.63, 3.8) is 0 Å². The van der Waals surface area contributed by atoms with Gasteiger partial charge in [-0.15, -0.1) is 0 Å². The number of imide groups is 1. The molecule has 3 saturated heterocycles.